The van der Waals surface area contributed by atoms with Crippen LogP contribution in [0.3, 0.4) is 0 Å². The fourth-order valence-corrected chi connectivity index (χ4v) is 0.397. The molecule has 0 spiro atoms. The molecule has 0 saturated heterocycles. The van der Waals surface area contributed by atoms with Crippen molar-refractivity contribution in [2.24, 2.45) is 0 Å². The van der Waals surface area contributed by atoms with Crippen LogP contribution in [0.25, 0.3) is 0 Å². The van der Waals surface area contributed by atoms with Crippen LogP contribution in [-0.2, 0) is 0 Å². The molecule has 0 aromatic carbocycles. The molecule has 0 aliphatic carbocycles. The number of hydrogen-bond acceptors (Lipinski definition) is 0. The third kappa shape index (κ3) is 1.80. The number of allylic oxidation sites excluding steroid dienone is 1. The third-order valence-corrected chi connectivity index (χ3v) is 1.15. The van der Waals surface area contributed by atoms with E-state index in [0.717, 1.165) is 0 Å². The molecule has 0 amide bonds. The summed E-state index contributed by atoms with van der Waals surface area (Å²) >= 11 is 0. The quantitative estimate of drug-likeness (QED) is 0.638. The average molecular weight is 232 g/mol. The first-order valence-corrected chi connectivity index (χ1v) is 2.77. The first-order chi connectivity index (χ1) is 5.98. The third-order valence-electron chi connectivity index (χ3n) is 1.15. The van der Waals surface area contributed by atoms with Gasteiger partial charge in [0.25, 0.3) is 0 Å². The van der Waals surface area contributed by atoms with E-state index >= 15 is 0 Å². The van der Waals surface area contributed by atoms with E-state index < -0.39 is 30.2 Å². The van der Waals surface area contributed by atoms with Crippen molar-refractivity contribution in [2.45, 2.75) is 18.0 Å². The van der Waals surface area contributed by atoms with Gasteiger partial charge in [0, 0.05) is 0 Å². The molecule has 0 bridgehead atoms. The zero-order valence-corrected chi connectivity index (χ0v) is 5.98. The fraction of sp³-hybridized carbons (Fsp3) is 0.600. The molecule has 0 aromatic rings. The number of rotatable bonds is 2. The molecule has 9 heteroatoms. The molecule has 0 aliphatic heterocycles. The van der Waals surface area contributed by atoms with Crippen molar-refractivity contribution in [2.75, 3.05) is 0 Å². The van der Waals surface area contributed by atoms with Gasteiger partial charge in [-0.25, -0.2) is 8.78 Å². The Hall–Kier alpha value is -0.890. The molecule has 0 saturated carbocycles. The molecular formula is C5HF9. The van der Waals surface area contributed by atoms with Gasteiger partial charge in [0.05, 0.1) is 0 Å². The van der Waals surface area contributed by atoms with Crippen LogP contribution < -0.4 is 0 Å². The number of alkyl halides is 7. The van der Waals surface area contributed by atoms with E-state index in [4.69, 9.17) is 0 Å². The topological polar surface area (TPSA) is 0 Å². The van der Waals surface area contributed by atoms with E-state index in [1.807, 2.05) is 0 Å². The van der Waals surface area contributed by atoms with E-state index in [0.29, 0.717) is 0 Å². The second-order valence-corrected chi connectivity index (χ2v) is 2.10. The summed E-state index contributed by atoms with van der Waals surface area (Å²) in [5.74, 6) is -16.4. The lowest BCUT2D eigenvalue weighted by Gasteiger charge is -2.26. The van der Waals surface area contributed by atoms with Crippen LogP contribution in [0.4, 0.5) is 39.5 Å². The van der Waals surface area contributed by atoms with E-state index in [1.165, 1.54) is 0 Å². The second kappa shape index (κ2) is 3.35. The highest BCUT2D eigenvalue weighted by Gasteiger charge is 2.75. The summed E-state index contributed by atoms with van der Waals surface area (Å²) in [4.78, 5) is 0. The van der Waals surface area contributed by atoms with Gasteiger partial charge < -0.3 is 0 Å². The Balaban J connectivity index is 5.29. The van der Waals surface area contributed by atoms with Gasteiger partial charge in [-0.1, -0.05) is 0 Å². The molecule has 0 unspecified atom stereocenters. The summed E-state index contributed by atoms with van der Waals surface area (Å²) in [5, 5.41) is 0. The highest BCUT2D eigenvalue weighted by Crippen LogP contribution is 2.49. The lowest BCUT2D eigenvalue weighted by atomic mass is 10.1. The van der Waals surface area contributed by atoms with Gasteiger partial charge in [0.2, 0.25) is 5.83 Å². The molecule has 0 fully saturated rings. The van der Waals surface area contributed by atoms with Crippen LogP contribution in [0.5, 0.6) is 0 Å². The molecule has 0 radical (unpaired) electrons. The largest absolute Gasteiger partial charge is 0.460 e. The Morgan fingerprint density at radius 2 is 1.21 bits per heavy atom. The van der Waals surface area contributed by atoms with Gasteiger partial charge >= 0.3 is 18.0 Å². The van der Waals surface area contributed by atoms with Crippen molar-refractivity contribution in [1.29, 1.82) is 0 Å². The Bertz CT molecular complexity index is 234. The highest BCUT2D eigenvalue weighted by molar-refractivity contribution is 5.10. The standard InChI is InChI=1S/C5HF9/c6-1-2(7)3(8,9)4(10,11)5(12,13)14/h1H. The van der Waals surface area contributed by atoms with Gasteiger partial charge in [-0.3, -0.25) is 0 Å². The minimum absolute atomic E-state index is 1.65. The lowest BCUT2D eigenvalue weighted by Crippen LogP contribution is -2.52. The Labute approximate surface area is 71.0 Å². The van der Waals surface area contributed by atoms with Crippen molar-refractivity contribution in [1.82, 2.24) is 0 Å². The molecule has 14 heavy (non-hydrogen) atoms. The zero-order valence-electron chi connectivity index (χ0n) is 5.98. The normalized spacial score (nSPS) is 15.9. The predicted octanol–water partition coefficient (Wildman–Crippen LogP) is 3.60. The van der Waals surface area contributed by atoms with Crippen molar-refractivity contribution < 1.29 is 39.5 Å². The number of halogens is 9. The maximum Gasteiger partial charge on any atom is 0.460 e. The van der Waals surface area contributed by atoms with Crippen LogP contribution in [-0.4, -0.2) is 18.0 Å². The maximum absolute atomic E-state index is 11.9. The van der Waals surface area contributed by atoms with Crippen molar-refractivity contribution in [3.05, 3.63) is 12.2 Å². The summed E-state index contributed by atoms with van der Waals surface area (Å²) in [6.45, 7) is 0. The summed E-state index contributed by atoms with van der Waals surface area (Å²) in [5.41, 5.74) is 0. The van der Waals surface area contributed by atoms with E-state index in [1.54, 1.807) is 0 Å². The Morgan fingerprint density at radius 3 is 1.43 bits per heavy atom. The highest BCUT2D eigenvalue weighted by atomic mass is 19.4. The molecule has 0 rings (SSSR count). The Kier molecular flexibility index (Phi) is 3.14. The zero-order chi connectivity index (χ0) is 11.8. The van der Waals surface area contributed by atoms with E-state index in [2.05, 4.69) is 0 Å². The van der Waals surface area contributed by atoms with Gasteiger partial charge in [0.1, 0.15) is 6.33 Å². The maximum atomic E-state index is 11.9. The fourth-order valence-electron chi connectivity index (χ4n) is 0.397. The molecule has 0 heterocycles. The van der Waals surface area contributed by atoms with Gasteiger partial charge in [-0.15, -0.1) is 0 Å². The van der Waals surface area contributed by atoms with Crippen LogP contribution in [0.15, 0.2) is 12.2 Å². The van der Waals surface area contributed by atoms with Crippen LogP contribution in [0.1, 0.15) is 0 Å². The summed E-state index contributed by atoms with van der Waals surface area (Å²) in [6.07, 6.45) is -8.32. The first-order valence-electron chi connectivity index (χ1n) is 2.77. The van der Waals surface area contributed by atoms with Gasteiger partial charge in [-0.2, -0.15) is 30.7 Å². The summed E-state index contributed by atoms with van der Waals surface area (Å²) < 4.78 is 104. The Morgan fingerprint density at radius 1 is 0.857 bits per heavy atom. The van der Waals surface area contributed by atoms with Crippen molar-refractivity contribution in [3.8, 4) is 0 Å². The summed E-state index contributed by atoms with van der Waals surface area (Å²) in [6, 6.07) is 0. The average Bonchev–Trinajstić information content (AvgIpc) is 2.00. The first kappa shape index (κ1) is 13.1. The van der Waals surface area contributed by atoms with Crippen LogP contribution in [0, 0.1) is 0 Å². The molecule has 0 N–H and O–H groups in total. The van der Waals surface area contributed by atoms with Crippen LogP contribution >= 0.6 is 0 Å². The SMILES string of the molecule is FC=C(F)C(F)(F)C(F)(F)C(F)(F)F. The lowest BCUT2D eigenvalue weighted by molar-refractivity contribution is -0.347. The molecule has 0 aromatic heterocycles. The molecule has 0 atom stereocenters. The number of hydrogen-bond donors (Lipinski definition) is 0. The second-order valence-electron chi connectivity index (χ2n) is 2.10. The van der Waals surface area contributed by atoms with Gasteiger partial charge in [-0.05, 0) is 0 Å². The molecule has 84 valence electrons. The monoisotopic (exact) mass is 232 g/mol. The van der Waals surface area contributed by atoms with Crippen molar-refractivity contribution >= 4 is 0 Å². The van der Waals surface area contributed by atoms with E-state index in [-0.39, 0.29) is 0 Å². The van der Waals surface area contributed by atoms with E-state index in [9.17, 15) is 39.5 Å². The minimum Gasteiger partial charge on any atom is -0.212 e. The van der Waals surface area contributed by atoms with Gasteiger partial charge in [0.15, 0.2) is 0 Å². The predicted molar refractivity (Wildman–Crippen MR) is 26.2 cm³/mol. The molecule has 0 nitrogen and oxygen atoms in total. The smallest absolute Gasteiger partial charge is 0.212 e. The van der Waals surface area contributed by atoms with Crippen LogP contribution in [0.2, 0.25) is 0 Å². The molecule has 0 aliphatic rings. The minimum atomic E-state index is -6.67. The molecular weight excluding hydrogens is 231 g/mol. The summed E-state index contributed by atoms with van der Waals surface area (Å²) in [7, 11) is 0. The van der Waals surface area contributed by atoms with Crippen molar-refractivity contribution in [3.63, 3.8) is 0 Å².